The Balaban J connectivity index is 1.39. The van der Waals surface area contributed by atoms with Crippen LogP contribution < -0.4 is 0 Å². The molecule has 0 saturated heterocycles. The Bertz CT molecular complexity index is 857. The minimum absolute atomic E-state index is 0.382. The summed E-state index contributed by atoms with van der Waals surface area (Å²) in [5, 5.41) is 4.21. The zero-order valence-corrected chi connectivity index (χ0v) is 12.6. The van der Waals surface area contributed by atoms with Crippen molar-refractivity contribution in [2.24, 2.45) is 0 Å². The van der Waals surface area contributed by atoms with E-state index in [-0.39, 0.29) is 0 Å². The van der Waals surface area contributed by atoms with E-state index >= 15 is 0 Å². The van der Waals surface area contributed by atoms with Crippen LogP contribution in [-0.2, 0) is 18.0 Å². The van der Waals surface area contributed by atoms with Crippen LogP contribution in [-0.4, -0.2) is 10.1 Å². The van der Waals surface area contributed by atoms with Crippen LogP contribution in [0.15, 0.2) is 53.1 Å². The van der Waals surface area contributed by atoms with E-state index in [9.17, 15) is 0 Å². The topological polar surface area (TPSA) is 48.2 Å². The monoisotopic (exact) mass is 304 g/mol. The van der Waals surface area contributed by atoms with E-state index in [2.05, 4.69) is 46.5 Å². The average molecular weight is 304 g/mol. The lowest BCUT2D eigenvalue weighted by Crippen LogP contribution is -1.88. The van der Waals surface area contributed by atoms with Crippen LogP contribution >= 0.6 is 0 Å². The van der Waals surface area contributed by atoms with E-state index in [1.54, 1.807) is 0 Å². The molecule has 0 bridgehead atoms. The first-order valence-electron chi connectivity index (χ1n) is 7.97. The lowest BCUT2D eigenvalue weighted by Gasteiger charge is -1.98. The van der Waals surface area contributed by atoms with Crippen molar-refractivity contribution in [1.82, 2.24) is 10.1 Å². The molecule has 0 N–H and O–H groups in total. The summed E-state index contributed by atoms with van der Waals surface area (Å²) >= 11 is 0. The zero-order chi connectivity index (χ0) is 15.2. The quantitative estimate of drug-likeness (QED) is 0.733. The number of benzene rings is 2. The molecule has 0 amide bonds. The molecule has 4 heteroatoms. The molecule has 2 aromatic carbocycles. The van der Waals surface area contributed by atoms with Gasteiger partial charge in [-0.3, -0.25) is 0 Å². The highest BCUT2D eigenvalue weighted by molar-refractivity contribution is 5.56. The fourth-order valence-corrected chi connectivity index (χ4v) is 3.36. The van der Waals surface area contributed by atoms with E-state index in [1.165, 1.54) is 16.7 Å². The smallest absolute Gasteiger partial charge is 0.257 e. The van der Waals surface area contributed by atoms with Crippen molar-refractivity contribution in [1.29, 1.82) is 0 Å². The molecular formula is C19H16N2O2. The van der Waals surface area contributed by atoms with Gasteiger partial charge in [0.2, 0.25) is 0 Å². The third-order valence-corrected chi connectivity index (χ3v) is 4.76. The highest BCUT2D eigenvalue weighted by Gasteiger charge is 2.42. The molecule has 1 fully saturated rings. The summed E-state index contributed by atoms with van der Waals surface area (Å²) in [6.45, 7) is 1.37. The molecule has 1 aliphatic carbocycles. The molecule has 2 heterocycles. The van der Waals surface area contributed by atoms with Gasteiger partial charge in [0.25, 0.3) is 5.89 Å². The Kier molecular flexibility index (Phi) is 2.85. The first-order chi connectivity index (χ1) is 11.4. The maximum atomic E-state index is 5.49. The maximum Gasteiger partial charge on any atom is 0.257 e. The molecule has 23 heavy (non-hydrogen) atoms. The van der Waals surface area contributed by atoms with Crippen molar-refractivity contribution in [3.8, 4) is 11.5 Å². The summed E-state index contributed by atoms with van der Waals surface area (Å²) in [6.07, 6.45) is 1.10. The molecule has 0 spiro atoms. The molecule has 5 rings (SSSR count). The predicted molar refractivity (Wildman–Crippen MR) is 84.8 cm³/mol. The van der Waals surface area contributed by atoms with Gasteiger partial charge in [-0.15, -0.1) is 0 Å². The Morgan fingerprint density at radius 2 is 1.78 bits per heavy atom. The van der Waals surface area contributed by atoms with Crippen molar-refractivity contribution in [2.45, 2.75) is 31.5 Å². The van der Waals surface area contributed by atoms with Gasteiger partial charge in [0, 0.05) is 11.5 Å². The van der Waals surface area contributed by atoms with Crippen molar-refractivity contribution in [3.63, 3.8) is 0 Å². The van der Waals surface area contributed by atoms with Gasteiger partial charge < -0.3 is 9.26 Å². The third-order valence-electron chi connectivity index (χ3n) is 4.76. The summed E-state index contributed by atoms with van der Waals surface area (Å²) in [4.78, 5) is 4.63. The number of ether oxygens (including phenoxy) is 1. The lowest BCUT2D eigenvalue weighted by molar-refractivity contribution is 0.134. The highest BCUT2D eigenvalue weighted by Crippen LogP contribution is 2.53. The Morgan fingerprint density at radius 3 is 2.70 bits per heavy atom. The number of nitrogens with zero attached hydrogens (tertiary/aromatic N) is 2. The van der Waals surface area contributed by atoms with E-state index in [0.717, 1.165) is 17.8 Å². The summed E-state index contributed by atoms with van der Waals surface area (Å²) in [5.41, 5.74) is 4.80. The van der Waals surface area contributed by atoms with Crippen molar-refractivity contribution in [2.75, 3.05) is 0 Å². The molecule has 3 aromatic rings. The van der Waals surface area contributed by atoms with E-state index < -0.39 is 0 Å². The van der Waals surface area contributed by atoms with Gasteiger partial charge in [0.05, 0.1) is 13.2 Å². The number of hydrogen-bond donors (Lipinski definition) is 0. The van der Waals surface area contributed by atoms with Crippen LogP contribution in [0.25, 0.3) is 11.5 Å². The SMILES string of the molecule is c1ccc([C@H]2C[C@@H]2c2noc(-c3ccc4c(c3)COC4)n2)cc1. The van der Waals surface area contributed by atoms with Crippen LogP contribution in [0.1, 0.15) is 40.8 Å². The van der Waals surface area contributed by atoms with Crippen molar-refractivity contribution < 1.29 is 9.26 Å². The Morgan fingerprint density at radius 1 is 0.913 bits per heavy atom. The first-order valence-corrected chi connectivity index (χ1v) is 7.97. The van der Waals surface area contributed by atoms with Gasteiger partial charge in [-0.1, -0.05) is 41.6 Å². The molecule has 4 nitrogen and oxygen atoms in total. The normalized spacial score (nSPS) is 22.1. The maximum absolute atomic E-state index is 5.49. The largest absolute Gasteiger partial charge is 0.372 e. The fraction of sp³-hybridized carbons (Fsp3) is 0.263. The molecule has 2 aliphatic rings. The summed E-state index contributed by atoms with van der Waals surface area (Å²) < 4.78 is 10.9. The molecular weight excluding hydrogens is 288 g/mol. The van der Waals surface area contributed by atoms with Gasteiger partial charge in [0.1, 0.15) is 0 Å². The summed E-state index contributed by atoms with van der Waals surface area (Å²) in [6, 6.07) is 16.8. The number of fused-ring (bicyclic) bond motifs is 1. The van der Waals surface area contributed by atoms with Gasteiger partial charge in [-0.2, -0.15) is 4.98 Å². The third kappa shape index (κ3) is 2.26. The van der Waals surface area contributed by atoms with Crippen molar-refractivity contribution >= 4 is 0 Å². The molecule has 2 atom stereocenters. The van der Waals surface area contributed by atoms with Gasteiger partial charge in [-0.05, 0) is 41.2 Å². The first kappa shape index (κ1) is 13.0. The predicted octanol–water partition coefficient (Wildman–Crippen LogP) is 4.04. The van der Waals surface area contributed by atoms with Gasteiger partial charge >= 0.3 is 0 Å². The molecule has 114 valence electrons. The van der Waals surface area contributed by atoms with Gasteiger partial charge in [0.15, 0.2) is 5.82 Å². The van der Waals surface area contributed by atoms with Crippen LogP contribution in [0.3, 0.4) is 0 Å². The van der Waals surface area contributed by atoms with Crippen LogP contribution in [0.2, 0.25) is 0 Å². The lowest BCUT2D eigenvalue weighted by atomic mass is 10.1. The molecule has 1 aliphatic heterocycles. The highest BCUT2D eigenvalue weighted by atomic mass is 16.5. The summed E-state index contributed by atoms with van der Waals surface area (Å²) in [5.74, 6) is 2.33. The number of hydrogen-bond acceptors (Lipinski definition) is 4. The summed E-state index contributed by atoms with van der Waals surface area (Å²) in [7, 11) is 0. The van der Waals surface area contributed by atoms with Crippen LogP contribution in [0.5, 0.6) is 0 Å². The van der Waals surface area contributed by atoms with E-state index in [1.807, 2.05) is 12.1 Å². The minimum Gasteiger partial charge on any atom is -0.372 e. The van der Waals surface area contributed by atoms with E-state index in [0.29, 0.717) is 30.9 Å². The second kappa shape index (κ2) is 5.03. The standard InChI is InChI=1S/C19H16N2O2/c1-2-4-12(5-3-1)16-9-17(16)18-20-19(23-21-18)13-6-7-14-10-22-11-15(14)8-13/h1-8,16-17H,9-11H2/t16-,17+/m1/s1. The van der Waals surface area contributed by atoms with Gasteiger partial charge in [-0.25, -0.2) is 0 Å². The molecule has 0 unspecified atom stereocenters. The molecule has 1 aromatic heterocycles. The minimum atomic E-state index is 0.382. The molecule has 0 radical (unpaired) electrons. The zero-order valence-electron chi connectivity index (χ0n) is 12.6. The van der Waals surface area contributed by atoms with Crippen LogP contribution in [0, 0.1) is 0 Å². The van der Waals surface area contributed by atoms with Crippen molar-refractivity contribution in [3.05, 3.63) is 71.0 Å². The number of rotatable bonds is 3. The van der Waals surface area contributed by atoms with Crippen LogP contribution in [0.4, 0.5) is 0 Å². The number of aromatic nitrogens is 2. The Hall–Kier alpha value is -2.46. The second-order valence-electron chi connectivity index (χ2n) is 6.29. The fourth-order valence-electron chi connectivity index (χ4n) is 3.36. The molecule has 1 saturated carbocycles. The van der Waals surface area contributed by atoms with E-state index in [4.69, 9.17) is 9.26 Å². The Labute approximate surface area is 134 Å². The second-order valence-corrected chi connectivity index (χ2v) is 6.29. The average Bonchev–Trinajstić information content (AvgIpc) is 3.04.